The first-order valence-corrected chi connectivity index (χ1v) is 6.57. The second kappa shape index (κ2) is 7.17. The van der Waals surface area contributed by atoms with Crippen molar-refractivity contribution in [2.45, 2.75) is 39.7 Å². The van der Waals surface area contributed by atoms with Crippen molar-refractivity contribution in [3.63, 3.8) is 0 Å². The van der Waals surface area contributed by atoms with Gasteiger partial charge in [0.2, 0.25) is 0 Å². The third-order valence-corrected chi connectivity index (χ3v) is 2.93. The molecule has 1 aromatic carbocycles. The second-order valence-corrected chi connectivity index (χ2v) is 4.80. The molecule has 1 rings (SSSR count). The molecule has 0 aromatic heterocycles. The third kappa shape index (κ3) is 4.15. The van der Waals surface area contributed by atoms with Crippen molar-refractivity contribution in [3.05, 3.63) is 29.8 Å². The third-order valence-electron chi connectivity index (χ3n) is 2.93. The highest BCUT2D eigenvalue weighted by Gasteiger charge is 2.16. The smallest absolute Gasteiger partial charge is 0.166 e. The molecule has 2 N–H and O–H groups in total. The van der Waals surface area contributed by atoms with E-state index in [1.165, 1.54) is 0 Å². The van der Waals surface area contributed by atoms with Crippen LogP contribution in [0.25, 0.3) is 0 Å². The van der Waals surface area contributed by atoms with E-state index in [-0.39, 0.29) is 17.8 Å². The highest BCUT2D eigenvalue weighted by Crippen LogP contribution is 2.23. The first-order valence-electron chi connectivity index (χ1n) is 6.57. The molecule has 0 aliphatic carbocycles. The second-order valence-electron chi connectivity index (χ2n) is 4.80. The molecule has 0 fully saturated rings. The average Bonchev–Trinajstić information content (AvgIpc) is 2.35. The van der Waals surface area contributed by atoms with E-state index in [0.29, 0.717) is 24.3 Å². The molecule has 3 nitrogen and oxygen atoms in total. The van der Waals surface area contributed by atoms with E-state index in [1.807, 2.05) is 38.1 Å². The summed E-state index contributed by atoms with van der Waals surface area (Å²) in [6.07, 6.45) is 1.48. The largest absolute Gasteiger partial charge is 0.490 e. The summed E-state index contributed by atoms with van der Waals surface area (Å²) in [6, 6.07) is 7.42. The molecular weight excluding hydrogens is 226 g/mol. The number of hydrogen-bond acceptors (Lipinski definition) is 3. The maximum Gasteiger partial charge on any atom is 0.166 e. The molecular formula is C15H23NO2. The van der Waals surface area contributed by atoms with Gasteiger partial charge in [-0.15, -0.1) is 0 Å². The van der Waals surface area contributed by atoms with Gasteiger partial charge < -0.3 is 10.5 Å². The Balaban J connectivity index is 2.84. The van der Waals surface area contributed by atoms with E-state index in [9.17, 15) is 4.79 Å². The van der Waals surface area contributed by atoms with E-state index >= 15 is 0 Å². The number of carbonyl (C=O) groups excluding carboxylic acids is 1. The van der Waals surface area contributed by atoms with Crippen LogP contribution in [0.5, 0.6) is 5.75 Å². The van der Waals surface area contributed by atoms with Gasteiger partial charge in [0.25, 0.3) is 0 Å². The van der Waals surface area contributed by atoms with E-state index in [2.05, 4.69) is 6.92 Å². The van der Waals surface area contributed by atoms with E-state index < -0.39 is 0 Å². The van der Waals surface area contributed by atoms with Crippen molar-refractivity contribution in [3.8, 4) is 5.75 Å². The summed E-state index contributed by atoms with van der Waals surface area (Å²) < 4.78 is 5.66. The van der Waals surface area contributed by atoms with Gasteiger partial charge in [0, 0.05) is 6.42 Å². The van der Waals surface area contributed by atoms with Crippen molar-refractivity contribution in [1.29, 1.82) is 0 Å². The Morgan fingerprint density at radius 3 is 2.56 bits per heavy atom. The molecule has 3 heteroatoms. The van der Waals surface area contributed by atoms with Crippen molar-refractivity contribution in [2.75, 3.05) is 6.54 Å². The summed E-state index contributed by atoms with van der Waals surface area (Å²) in [4.78, 5) is 12.2. The molecule has 1 atom stereocenters. The Labute approximate surface area is 109 Å². The molecule has 0 radical (unpaired) electrons. The molecule has 0 amide bonds. The number of ketones is 1. The SMILES string of the molecule is CCC(CN)CC(=O)c1ccccc1OC(C)C. The quantitative estimate of drug-likeness (QED) is 0.756. The zero-order valence-electron chi connectivity index (χ0n) is 11.5. The number of hydrogen-bond donors (Lipinski definition) is 1. The number of benzene rings is 1. The fourth-order valence-electron chi connectivity index (χ4n) is 1.82. The molecule has 1 unspecified atom stereocenters. The monoisotopic (exact) mass is 249 g/mol. The first kappa shape index (κ1) is 14.7. The van der Waals surface area contributed by atoms with Crippen molar-refractivity contribution in [2.24, 2.45) is 11.7 Å². The number of nitrogens with two attached hydrogens (primary N) is 1. The molecule has 0 saturated heterocycles. The van der Waals surface area contributed by atoms with Crippen LogP contribution in [-0.4, -0.2) is 18.4 Å². The zero-order chi connectivity index (χ0) is 13.5. The molecule has 0 spiro atoms. The number of rotatable bonds is 7. The summed E-state index contributed by atoms with van der Waals surface area (Å²) >= 11 is 0. The highest BCUT2D eigenvalue weighted by molar-refractivity contribution is 5.98. The summed E-state index contributed by atoms with van der Waals surface area (Å²) in [5.41, 5.74) is 6.31. The molecule has 100 valence electrons. The zero-order valence-corrected chi connectivity index (χ0v) is 11.5. The van der Waals surface area contributed by atoms with Gasteiger partial charge in [0.1, 0.15) is 5.75 Å². The molecule has 0 aliphatic heterocycles. The maximum atomic E-state index is 12.2. The van der Waals surface area contributed by atoms with Gasteiger partial charge >= 0.3 is 0 Å². The van der Waals surface area contributed by atoms with Crippen LogP contribution in [0.3, 0.4) is 0 Å². The van der Waals surface area contributed by atoms with Gasteiger partial charge in [-0.2, -0.15) is 0 Å². The molecule has 0 aliphatic rings. The Hall–Kier alpha value is -1.35. The van der Waals surface area contributed by atoms with Crippen LogP contribution in [0.1, 0.15) is 44.0 Å². The Bertz CT molecular complexity index is 384. The van der Waals surface area contributed by atoms with Gasteiger partial charge in [0.05, 0.1) is 11.7 Å². The molecule has 0 heterocycles. The lowest BCUT2D eigenvalue weighted by Crippen LogP contribution is -2.18. The predicted molar refractivity (Wildman–Crippen MR) is 74.0 cm³/mol. The first-order chi connectivity index (χ1) is 8.58. The highest BCUT2D eigenvalue weighted by atomic mass is 16.5. The van der Waals surface area contributed by atoms with Crippen molar-refractivity contribution < 1.29 is 9.53 Å². The number of carbonyl (C=O) groups is 1. The van der Waals surface area contributed by atoms with Gasteiger partial charge in [-0.1, -0.05) is 25.5 Å². The number of para-hydroxylation sites is 1. The lowest BCUT2D eigenvalue weighted by molar-refractivity contribution is 0.0955. The van der Waals surface area contributed by atoms with Gasteiger partial charge in [-0.3, -0.25) is 4.79 Å². The van der Waals surface area contributed by atoms with E-state index in [1.54, 1.807) is 0 Å². The number of ether oxygens (including phenoxy) is 1. The maximum absolute atomic E-state index is 12.2. The standard InChI is InChI=1S/C15H23NO2/c1-4-12(10-16)9-14(17)13-7-5-6-8-15(13)18-11(2)3/h5-8,11-12H,4,9-10,16H2,1-3H3. The number of Topliss-reactive ketones (excluding diaryl/α,β-unsaturated/α-hetero) is 1. The van der Waals surface area contributed by atoms with Crippen LogP contribution in [0.2, 0.25) is 0 Å². The fourth-order valence-corrected chi connectivity index (χ4v) is 1.82. The van der Waals surface area contributed by atoms with Crippen molar-refractivity contribution in [1.82, 2.24) is 0 Å². The van der Waals surface area contributed by atoms with Crippen LogP contribution in [0, 0.1) is 5.92 Å². The Kier molecular flexibility index (Phi) is 5.86. The lowest BCUT2D eigenvalue weighted by atomic mass is 9.96. The minimum atomic E-state index is 0.0652. The fraction of sp³-hybridized carbons (Fsp3) is 0.533. The topological polar surface area (TPSA) is 52.3 Å². The van der Waals surface area contributed by atoms with Crippen LogP contribution in [0.15, 0.2) is 24.3 Å². The summed E-state index contributed by atoms with van der Waals surface area (Å²) in [7, 11) is 0. The molecule has 1 aromatic rings. The summed E-state index contributed by atoms with van der Waals surface area (Å²) in [6.45, 7) is 6.52. The van der Waals surface area contributed by atoms with Crippen LogP contribution >= 0.6 is 0 Å². The Morgan fingerprint density at radius 2 is 2.00 bits per heavy atom. The lowest BCUT2D eigenvalue weighted by Gasteiger charge is -2.15. The average molecular weight is 249 g/mol. The van der Waals surface area contributed by atoms with Gasteiger partial charge in [-0.05, 0) is 38.4 Å². The predicted octanol–water partition coefficient (Wildman–Crippen LogP) is 3.03. The van der Waals surface area contributed by atoms with Crippen LogP contribution in [-0.2, 0) is 0 Å². The molecule has 18 heavy (non-hydrogen) atoms. The van der Waals surface area contributed by atoms with Crippen LogP contribution in [0.4, 0.5) is 0 Å². The van der Waals surface area contributed by atoms with E-state index in [0.717, 1.165) is 6.42 Å². The summed E-state index contributed by atoms with van der Waals surface area (Å²) in [5, 5.41) is 0. The molecule has 0 bridgehead atoms. The minimum Gasteiger partial charge on any atom is -0.490 e. The Morgan fingerprint density at radius 1 is 1.33 bits per heavy atom. The van der Waals surface area contributed by atoms with E-state index in [4.69, 9.17) is 10.5 Å². The van der Waals surface area contributed by atoms with Crippen LogP contribution < -0.4 is 10.5 Å². The normalized spacial score (nSPS) is 12.5. The van der Waals surface area contributed by atoms with Gasteiger partial charge in [0.15, 0.2) is 5.78 Å². The summed E-state index contributed by atoms with van der Waals surface area (Å²) in [5.74, 6) is 1.04. The van der Waals surface area contributed by atoms with Gasteiger partial charge in [-0.25, -0.2) is 0 Å². The minimum absolute atomic E-state index is 0.0652. The molecule has 0 saturated carbocycles. The van der Waals surface area contributed by atoms with Crippen molar-refractivity contribution >= 4 is 5.78 Å².